The summed E-state index contributed by atoms with van der Waals surface area (Å²) in [7, 11) is 0. The summed E-state index contributed by atoms with van der Waals surface area (Å²) < 4.78 is 0. The summed E-state index contributed by atoms with van der Waals surface area (Å²) in [5.41, 5.74) is 2.20. The molecule has 3 nitrogen and oxygen atoms in total. The second-order valence-electron chi connectivity index (χ2n) is 3.14. The van der Waals surface area contributed by atoms with E-state index in [4.69, 9.17) is 0 Å². The number of carbonyl (C=O) groups excluding carboxylic acids is 1. The molecule has 1 amide bonds. The Morgan fingerprint density at radius 1 is 1.43 bits per heavy atom. The van der Waals surface area contributed by atoms with Gasteiger partial charge in [0.25, 0.3) is 0 Å². The molecule has 3 heteroatoms. The van der Waals surface area contributed by atoms with Gasteiger partial charge in [0, 0.05) is 25.7 Å². The fraction of sp³-hybridized carbons (Fsp3) is 0.364. The third kappa shape index (κ3) is 3.47. The third-order valence-electron chi connectivity index (χ3n) is 1.85. The molecule has 0 aromatic heterocycles. The van der Waals surface area contributed by atoms with E-state index in [2.05, 4.69) is 17.6 Å². The van der Waals surface area contributed by atoms with Crippen LogP contribution in [0, 0.1) is 0 Å². The number of rotatable bonds is 4. The van der Waals surface area contributed by atoms with Crippen LogP contribution >= 0.6 is 0 Å². The molecule has 1 aromatic carbocycles. The van der Waals surface area contributed by atoms with Crippen LogP contribution in [0.2, 0.25) is 0 Å². The summed E-state index contributed by atoms with van der Waals surface area (Å²) in [5, 5.41) is 5.99. The first kappa shape index (κ1) is 10.6. The quantitative estimate of drug-likeness (QED) is 0.763. The standard InChI is InChI=1S/C11H16N2O/c1-3-12-11-6-4-5-10(7-11)8-13-9(2)14/h4-7,12H,3,8H2,1-2H3,(H,13,14). The van der Waals surface area contributed by atoms with E-state index in [1.165, 1.54) is 6.92 Å². The van der Waals surface area contributed by atoms with E-state index in [1.807, 2.05) is 24.3 Å². The molecule has 0 saturated heterocycles. The summed E-state index contributed by atoms with van der Waals surface area (Å²) in [6.07, 6.45) is 0. The normalized spacial score (nSPS) is 9.57. The highest BCUT2D eigenvalue weighted by Gasteiger charge is 1.95. The van der Waals surface area contributed by atoms with Crippen LogP contribution in [0.3, 0.4) is 0 Å². The second-order valence-corrected chi connectivity index (χ2v) is 3.14. The summed E-state index contributed by atoms with van der Waals surface area (Å²) in [6, 6.07) is 8.03. The topological polar surface area (TPSA) is 41.1 Å². The van der Waals surface area contributed by atoms with Crippen molar-refractivity contribution in [2.45, 2.75) is 20.4 Å². The molecular weight excluding hydrogens is 176 g/mol. The van der Waals surface area contributed by atoms with E-state index in [9.17, 15) is 4.79 Å². The average Bonchev–Trinajstić information content (AvgIpc) is 2.16. The van der Waals surface area contributed by atoms with Crippen molar-refractivity contribution in [3.63, 3.8) is 0 Å². The van der Waals surface area contributed by atoms with Gasteiger partial charge in [0.2, 0.25) is 5.91 Å². The number of amides is 1. The zero-order valence-electron chi connectivity index (χ0n) is 8.63. The smallest absolute Gasteiger partial charge is 0.217 e. The number of hydrogen-bond donors (Lipinski definition) is 2. The lowest BCUT2D eigenvalue weighted by Crippen LogP contribution is -2.18. The zero-order chi connectivity index (χ0) is 10.4. The van der Waals surface area contributed by atoms with Crippen molar-refractivity contribution in [1.29, 1.82) is 0 Å². The molecule has 0 atom stereocenters. The summed E-state index contributed by atoms with van der Waals surface area (Å²) >= 11 is 0. The Kier molecular flexibility index (Phi) is 3.98. The number of anilines is 1. The molecule has 14 heavy (non-hydrogen) atoms. The molecule has 0 fully saturated rings. The van der Waals surface area contributed by atoms with Crippen LogP contribution in [0.5, 0.6) is 0 Å². The van der Waals surface area contributed by atoms with Crippen LogP contribution in [0.1, 0.15) is 19.4 Å². The number of carbonyl (C=O) groups is 1. The van der Waals surface area contributed by atoms with Gasteiger partial charge in [-0.2, -0.15) is 0 Å². The molecule has 1 aromatic rings. The van der Waals surface area contributed by atoms with Gasteiger partial charge in [-0.3, -0.25) is 4.79 Å². The second kappa shape index (κ2) is 5.27. The van der Waals surface area contributed by atoms with Gasteiger partial charge in [0.05, 0.1) is 0 Å². The Balaban J connectivity index is 2.58. The largest absolute Gasteiger partial charge is 0.385 e. The number of hydrogen-bond acceptors (Lipinski definition) is 2. The van der Waals surface area contributed by atoms with Crippen LogP contribution in [0.4, 0.5) is 5.69 Å². The molecule has 76 valence electrons. The molecule has 0 aliphatic carbocycles. The van der Waals surface area contributed by atoms with Gasteiger partial charge in [-0.05, 0) is 24.6 Å². The molecule has 0 unspecified atom stereocenters. The molecule has 0 saturated carbocycles. The van der Waals surface area contributed by atoms with Gasteiger partial charge in [-0.25, -0.2) is 0 Å². The first-order valence-electron chi connectivity index (χ1n) is 4.79. The molecule has 2 N–H and O–H groups in total. The molecule has 0 spiro atoms. The van der Waals surface area contributed by atoms with Crippen LogP contribution in [-0.4, -0.2) is 12.5 Å². The van der Waals surface area contributed by atoms with Crippen molar-refractivity contribution in [3.05, 3.63) is 29.8 Å². The maximum absolute atomic E-state index is 10.7. The minimum atomic E-state index is -0.00106. The van der Waals surface area contributed by atoms with Crippen molar-refractivity contribution in [2.24, 2.45) is 0 Å². The minimum absolute atomic E-state index is 0.00106. The SMILES string of the molecule is CCNc1cccc(CNC(C)=O)c1. The van der Waals surface area contributed by atoms with Crippen LogP contribution < -0.4 is 10.6 Å². The van der Waals surface area contributed by atoms with Crippen molar-refractivity contribution >= 4 is 11.6 Å². The zero-order valence-corrected chi connectivity index (χ0v) is 8.63. The lowest BCUT2D eigenvalue weighted by molar-refractivity contribution is -0.119. The van der Waals surface area contributed by atoms with Gasteiger partial charge < -0.3 is 10.6 Å². The first-order chi connectivity index (χ1) is 6.72. The van der Waals surface area contributed by atoms with Crippen molar-refractivity contribution < 1.29 is 4.79 Å². The Labute approximate surface area is 84.5 Å². The van der Waals surface area contributed by atoms with Gasteiger partial charge in [-0.15, -0.1) is 0 Å². The molecule has 0 bridgehead atoms. The van der Waals surface area contributed by atoms with Gasteiger partial charge in [-0.1, -0.05) is 12.1 Å². The number of nitrogens with one attached hydrogen (secondary N) is 2. The number of benzene rings is 1. The predicted octanol–water partition coefficient (Wildman–Crippen LogP) is 1.75. The summed E-state index contributed by atoms with van der Waals surface area (Å²) in [6.45, 7) is 5.08. The summed E-state index contributed by atoms with van der Waals surface area (Å²) in [4.78, 5) is 10.7. The van der Waals surface area contributed by atoms with E-state index in [0.29, 0.717) is 6.54 Å². The van der Waals surface area contributed by atoms with Crippen molar-refractivity contribution in [1.82, 2.24) is 5.32 Å². The van der Waals surface area contributed by atoms with Crippen LogP contribution in [0.25, 0.3) is 0 Å². The molecule has 1 rings (SSSR count). The molecule has 0 aliphatic heterocycles. The molecule has 0 aliphatic rings. The highest BCUT2D eigenvalue weighted by atomic mass is 16.1. The van der Waals surface area contributed by atoms with E-state index in [0.717, 1.165) is 17.8 Å². The van der Waals surface area contributed by atoms with Crippen LogP contribution in [0.15, 0.2) is 24.3 Å². The van der Waals surface area contributed by atoms with Crippen LogP contribution in [-0.2, 0) is 11.3 Å². The minimum Gasteiger partial charge on any atom is -0.385 e. The van der Waals surface area contributed by atoms with E-state index >= 15 is 0 Å². The fourth-order valence-corrected chi connectivity index (χ4v) is 1.22. The Morgan fingerprint density at radius 3 is 2.86 bits per heavy atom. The third-order valence-corrected chi connectivity index (χ3v) is 1.85. The molecular formula is C11H16N2O. The maximum atomic E-state index is 10.7. The van der Waals surface area contributed by atoms with Gasteiger partial charge in [0.1, 0.15) is 0 Å². The lowest BCUT2D eigenvalue weighted by Gasteiger charge is -2.06. The Bertz CT molecular complexity index is 310. The average molecular weight is 192 g/mol. The van der Waals surface area contributed by atoms with E-state index in [-0.39, 0.29) is 5.91 Å². The monoisotopic (exact) mass is 192 g/mol. The fourth-order valence-electron chi connectivity index (χ4n) is 1.22. The highest BCUT2D eigenvalue weighted by molar-refractivity contribution is 5.72. The van der Waals surface area contributed by atoms with Gasteiger partial charge in [0.15, 0.2) is 0 Å². The Morgan fingerprint density at radius 2 is 2.21 bits per heavy atom. The Hall–Kier alpha value is -1.51. The molecule has 0 heterocycles. The van der Waals surface area contributed by atoms with Gasteiger partial charge >= 0.3 is 0 Å². The predicted molar refractivity (Wildman–Crippen MR) is 58.1 cm³/mol. The van der Waals surface area contributed by atoms with E-state index in [1.54, 1.807) is 0 Å². The highest BCUT2D eigenvalue weighted by Crippen LogP contribution is 2.09. The lowest BCUT2D eigenvalue weighted by atomic mass is 10.2. The first-order valence-corrected chi connectivity index (χ1v) is 4.79. The molecule has 0 radical (unpaired) electrons. The van der Waals surface area contributed by atoms with Crippen molar-refractivity contribution in [3.8, 4) is 0 Å². The van der Waals surface area contributed by atoms with Crippen molar-refractivity contribution in [2.75, 3.05) is 11.9 Å². The van der Waals surface area contributed by atoms with E-state index < -0.39 is 0 Å². The maximum Gasteiger partial charge on any atom is 0.217 e. The summed E-state index contributed by atoms with van der Waals surface area (Å²) in [5.74, 6) is -0.00106.